The minimum absolute atomic E-state index is 0.0401. The summed E-state index contributed by atoms with van der Waals surface area (Å²) in [4.78, 5) is 27.7. The number of quaternary nitrogens is 1. The average molecular weight is 453 g/mol. The lowest BCUT2D eigenvalue weighted by Crippen LogP contribution is -2.65. The number of benzene rings is 2. The Morgan fingerprint density at radius 3 is 2.36 bits per heavy atom. The molecule has 4 rings (SSSR count). The molecule has 7 heteroatoms. The second-order valence-corrected chi connectivity index (χ2v) is 10.2. The van der Waals surface area contributed by atoms with Crippen molar-refractivity contribution >= 4 is 22.9 Å². The highest BCUT2D eigenvalue weighted by Gasteiger charge is 2.50. The lowest BCUT2D eigenvalue weighted by Gasteiger charge is -2.47. The summed E-state index contributed by atoms with van der Waals surface area (Å²) in [6, 6.07) is 8.36. The minimum Gasteiger partial charge on any atom is -0.435 e. The first-order valence-corrected chi connectivity index (χ1v) is 11.3. The molecule has 0 saturated carbocycles. The fourth-order valence-corrected chi connectivity index (χ4v) is 5.36. The number of rotatable bonds is 3. The fourth-order valence-electron chi connectivity index (χ4n) is 5.36. The predicted octanol–water partition coefficient (Wildman–Crippen LogP) is 5.55. The maximum atomic E-state index is 13.7. The van der Waals surface area contributed by atoms with Gasteiger partial charge in [0.15, 0.2) is 0 Å². The van der Waals surface area contributed by atoms with Crippen LogP contribution in [0.5, 0.6) is 0 Å². The third-order valence-electron chi connectivity index (χ3n) is 7.39. The molecular formula is C26H31FN3O3+. The molecule has 0 radical (unpaired) electrons. The van der Waals surface area contributed by atoms with Crippen molar-refractivity contribution in [2.45, 2.75) is 52.0 Å². The number of aromatic amines is 1. The highest BCUT2D eigenvalue weighted by atomic mass is 19.1. The number of hydrogen-bond acceptors (Lipinski definition) is 2. The van der Waals surface area contributed by atoms with Gasteiger partial charge in [0, 0.05) is 24.4 Å². The molecule has 33 heavy (non-hydrogen) atoms. The zero-order valence-corrected chi connectivity index (χ0v) is 19.5. The topological polar surface area (TPSA) is 96.2 Å². The van der Waals surface area contributed by atoms with Gasteiger partial charge in [-0.2, -0.15) is 4.79 Å². The molecular weight excluding hydrogens is 421 g/mol. The average Bonchev–Trinajstić information content (AvgIpc) is 3.16. The van der Waals surface area contributed by atoms with E-state index in [4.69, 9.17) is 5.73 Å². The van der Waals surface area contributed by atoms with Crippen LogP contribution in [0.4, 0.5) is 9.18 Å². The summed E-state index contributed by atoms with van der Waals surface area (Å²) in [5.41, 5.74) is 9.85. The van der Waals surface area contributed by atoms with Crippen molar-refractivity contribution < 1.29 is 23.6 Å². The number of aryl methyl sites for hydroxylation is 1. The van der Waals surface area contributed by atoms with Gasteiger partial charge in [0.05, 0.1) is 24.2 Å². The second kappa shape index (κ2) is 7.99. The standard InChI is InChI=1S/C26H30FN3O3/c1-15-11-18(27)5-6-19(15)17-12-20-22(14-29-23(20)21(13-17)24(28)31)16-7-9-30(10-8-16,25(32)33)26(2,3)4/h5-6,11-14,16H,7-10H2,1-4H3,(H3-,28,29,31,32,33)/p+1. The Morgan fingerprint density at radius 1 is 1.15 bits per heavy atom. The molecule has 3 aromatic rings. The van der Waals surface area contributed by atoms with Crippen LogP contribution >= 0.6 is 0 Å². The molecule has 0 spiro atoms. The van der Waals surface area contributed by atoms with E-state index in [2.05, 4.69) is 4.98 Å². The van der Waals surface area contributed by atoms with Gasteiger partial charge in [-0.05, 0) is 80.1 Å². The summed E-state index contributed by atoms with van der Waals surface area (Å²) in [6.45, 7) is 8.84. The number of nitrogens with one attached hydrogen (secondary N) is 1. The largest absolute Gasteiger partial charge is 0.513 e. The van der Waals surface area contributed by atoms with E-state index in [1.54, 1.807) is 12.1 Å². The van der Waals surface area contributed by atoms with Crippen LogP contribution in [0.2, 0.25) is 0 Å². The molecule has 6 nitrogen and oxygen atoms in total. The van der Waals surface area contributed by atoms with Crippen LogP contribution in [0, 0.1) is 12.7 Å². The molecule has 2 amide bonds. The minimum atomic E-state index is -0.787. The summed E-state index contributed by atoms with van der Waals surface area (Å²) >= 11 is 0. The monoisotopic (exact) mass is 452 g/mol. The number of halogens is 1. The van der Waals surface area contributed by atoms with Crippen molar-refractivity contribution in [1.29, 1.82) is 0 Å². The number of hydrogen-bond donors (Lipinski definition) is 3. The number of fused-ring (bicyclic) bond motifs is 1. The molecule has 2 heterocycles. The molecule has 0 atom stereocenters. The second-order valence-electron chi connectivity index (χ2n) is 10.2. The molecule has 4 N–H and O–H groups in total. The van der Waals surface area contributed by atoms with E-state index in [0.29, 0.717) is 24.2 Å². The number of H-pyrrole nitrogens is 1. The van der Waals surface area contributed by atoms with Crippen LogP contribution in [0.1, 0.15) is 61.0 Å². The van der Waals surface area contributed by atoms with Crippen LogP contribution in [0.25, 0.3) is 22.0 Å². The third kappa shape index (κ3) is 3.80. The van der Waals surface area contributed by atoms with Crippen molar-refractivity contribution in [3.05, 3.63) is 59.0 Å². The van der Waals surface area contributed by atoms with Crippen LogP contribution in [-0.4, -0.2) is 45.2 Å². The lowest BCUT2D eigenvalue weighted by molar-refractivity contribution is -0.908. The number of nitrogens with zero attached hydrogens (tertiary/aromatic N) is 1. The van der Waals surface area contributed by atoms with Crippen molar-refractivity contribution in [3.63, 3.8) is 0 Å². The van der Waals surface area contributed by atoms with Gasteiger partial charge in [-0.15, -0.1) is 0 Å². The SMILES string of the molecule is Cc1cc(F)ccc1-c1cc(C(N)=O)c2[nH]cc(C3CC[N+](C(=O)O)(C(C)(C)C)CC3)c2c1. The van der Waals surface area contributed by atoms with E-state index < -0.39 is 17.5 Å². The first-order valence-electron chi connectivity index (χ1n) is 11.3. The molecule has 1 saturated heterocycles. The molecule has 2 aromatic carbocycles. The van der Waals surface area contributed by atoms with E-state index in [9.17, 15) is 19.1 Å². The molecule has 0 aliphatic carbocycles. The van der Waals surface area contributed by atoms with Gasteiger partial charge in [-0.25, -0.2) is 8.87 Å². The van der Waals surface area contributed by atoms with Gasteiger partial charge in [-0.1, -0.05) is 6.07 Å². The Bertz CT molecular complexity index is 1250. The Balaban J connectivity index is 1.78. The highest BCUT2D eigenvalue weighted by molar-refractivity contribution is 6.07. The molecule has 1 aliphatic heterocycles. The van der Waals surface area contributed by atoms with Crippen LogP contribution in [-0.2, 0) is 0 Å². The number of piperidine rings is 1. The summed E-state index contributed by atoms with van der Waals surface area (Å²) in [7, 11) is 0. The quantitative estimate of drug-likeness (QED) is 0.455. The number of amides is 2. The Hall–Kier alpha value is -3.19. The highest BCUT2D eigenvalue weighted by Crippen LogP contribution is 2.41. The molecule has 174 valence electrons. The van der Waals surface area contributed by atoms with Gasteiger partial charge in [0.25, 0.3) is 5.91 Å². The number of aromatic nitrogens is 1. The summed E-state index contributed by atoms with van der Waals surface area (Å²) in [5, 5.41) is 10.9. The van der Waals surface area contributed by atoms with Crippen LogP contribution in [0.15, 0.2) is 36.5 Å². The first kappa shape index (κ1) is 23.0. The number of likely N-dealkylation sites (tertiary alicyclic amines) is 1. The van der Waals surface area contributed by atoms with Crippen molar-refractivity contribution in [2.75, 3.05) is 13.1 Å². The smallest absolute Gasteiger partial charge is 0.435 e. The zero-order valence-electron chi connectivity index (χ0n) is 19.5. The summed E-state index contributed by atoms with van der Waals surface area (Å²) < 4.78 is 13.7. The molecule has 1 fully saturated rings. The Labute approximate surface area is 192 Å². The van der Waals surface area contributed by atoms with E-state index in [-0.39, 0.29) is 16.2 Å². The maximum Gasteiger partial charge on any atom is 0.513 e. The van der Waals surface area contributed by atoms with Gasteiger partial charge >= 0.3 is 6.09 Å². The lowest BCUT2D eigenvalue weighted by atomic mass is 9.84. The van der Waals surface area contributed by atoms with Gasteiger partial charge in [0.1, 0.15) is 11.4 Å². The van der Waals surface area contributed by atoms with Crippen molar-refractivity contribution in [2.24, 2.45) is 5.73 Å². The number of carbonyl (C=O) groups is 2. The van der Waals surface area contributed by atoms with Gasteiger partial charge in [0.2, 0.25) is 0 Å². The predicted molar refractivity (Wildman–Crippen MR) is 127 cm³/mol. The van der Waals surface area contributed by atoms with Crippen LogP contribution in [0.3, 0.4) is 0 Å². The number of carbonyl (C=O) groups excluding carboxylic acids is 1. The maximum absolute atomic E-state index is 13.7. The summed E-state index contributed by atoms with van der Waals surface area (Å²) in [5.74, 6) is -0.680. The Morgan fingerprint density at radius 2 is 1.82 bits per heavy atom. The first-order chi connectivity index (χ1) is 15.4. The molecule has 1 aliphatic rings. The Kier molecular flexibility index (Phi) is 5.56. The molecule has 0 bridgehead atoms. The van der Waals surface area contributed by atoms with Crippen molar-refractivity contribution in [3.8, 4) is 11.1 Å². The number of nitrogens with two attached hydrogens (primary N) is 1. The van der Waals surface area contributed by atoms with Gasteiger partial charge in [-0.3, -0.25) is 4.79 Å². The fraction of sp³-hybridized carbons (Fsp3) is 0.385. The normalized spacial score (nSPS) is 21.3. The van der Waals surface area contributed by atoms with E-state index in [1.165, 1.54) is 12.1 Å². The molecule has 0 unspecified atom stereocenters. The number of carboxylic acid groups (broad SMARTS) is 1. The van der Waals surface area contributed by atoms with Crippen molar-refractivity contribution in [1.82, 2.24) is 4.98 Å². The zero-order chi connectivity index (χ0) is 24.1. The van der Waals surface area contributed by atoms with Crippen LogP contribution < -0.4 is 5.73 Å². The van der Waals surface area contributed by atoms with E-state index >= 15 is 0 Å². The number of primary amides is 1. The molecule has 1 aromatic heterocycles. The third-order valence-corrected chi connectivity index (χ3v) is 7.39. The van der Waals surface area contributed by atoms with E-state index in [0.717, 1.165) is 40.5 Å². The summed E-state index contributed by atoms with van der Waals surface area (Å²) in [6.07, 6.45) is 2.58. The van der Waals surface area contributed by atoms with Gasteiger partial charge < -0.3 is 15.8 Å². The van der Waals surface area contributed by atoms with E-state index in [1.807, 2.05) is 40.0 Å².